The van der Waals surface area contributed by atoms with E-state index in [1.807, 2.05) is 29.2 Å². The highest BCUT2D eigenvalue weighted by molar-refractivity contribution is 7.80. The predicted octanol–water partition coefficient (Wildman–Crippen LogP) is 2.72. The number of amides is 2. The second kappa shape index (κ2) is 5.40. The van der Waals surface area contributed by atoms with Crippen molar-refractivity contribution < 1.29 is 9.53 Å². The van der Waals surface area contributed by atoms with Crippen molar-refractivity contribution in [2.24, 2.45) is 5.92 Å². The molecule has 2 aliphatic rings. The highest BCUT2D eigenvalue weighted by Crippen LogP contribution is 2.34. The molecule has 1 saturated carbocycles. The van der Waals surface area contributed by atoms with Crippen molar-refractivity contribution in [2.45, 2.75) is 31.8 Å². The van der Waals surface area contributed by atoms with Gasteiger partial charge in [-0.1, -0.05) is 30.8 Å². The Morgan fingerprint density at radius 1 is 1.45 bits per heavy atom. The van der Waals surface area contributed by atoms with Crippen LogP contribution in [0.2, 0.25) is 0 Å². The van der Waals surface area contributed by atoms with E-state index in [4.69, 9.17) is 17.0 Å². The monoisotopic (exact) mass is 290 g/mol. The van der Waals surface area contributed by atoms with Gasteiger partial charge in [-0.05, 0) is 30.5 Å². The van der Waals surface area contributed by atoms with E-state index < -0.39 is 0 Å². The van der Waals surface area contributed by atoms with Gasteiger partial charge in [0.15, 0.2) is 0 Å². The lowest BCUT2D eigenvalue weighted by molar-refractivity contribution is 0.159. The molecule has 1 N–H and O–H groups in total. The maximum Gasteiger partial charge on any atom is 0.322 e. The molecule has 0 bridgehead atoms. The summed E-state index contributed by atoms with van der Waals surface area (Å²) in [4.78, 5) is 14.8. The number of benzene rings is 1. The van der Waals surface area contributed by atoms with Gasteiger partial charge in [0, 0.05) is 18.5 Å². The van der Waals surface area contributed by atoms with E-state index in [2.05, 4.69) is 5.32 Å². The number of fused-ring (bicyclic) bond motifs is 1. The number of carbonyl (C=O) groups is 1. The zero-order valence-corrected chi connectivity index (χ0v) is 12.3. The lowest BCUT2D eigenvalue weighted by atomic mass is 9.99. The minimum Gasteiger partial charge on any atom is -0.497 e. The van der Waals surface area contributed by atoms with Gasteiger partial charge < -0.3 is 15.0 Å². The minimum atomic E-state index is -0.0685. The molecule has 2 amide bonds. The van der Waals surface area contributed by atoms with E-state index in [0.29, 0.717) is 12.5 Å². The number of rotatable bonds is 3. The Hall–Kier alpha value is -1.62. The van der Waals surface area contributed by atoms with Gasteiger partial charge in [-0.3, -0.25) is 0 Å². The van der Waals surface area contributed by atoms with Gasteiger partial charge in [-0.2, -0.15) is 0 Å². The normalized spacial score (nSPS) is 25.4. The number of hydrogen-bond acceptors (Lipinski definition) is 3. The topological polar surface area (TPSA) is 41.6 Å². The number of thiocarbonyl (C=S) groups is 1. The Morgan fingerprint density at radius 3 is 3.10 bits per heavy atom. The molecule has 0 radical (unpaired) electrons. The number of nitrogens with zero attached hydrogens (tertiary/aromatic N) is 1. The van der Waals surface area contributed by atoms with Gasteiger partial charge in [-0.25, -0.2) is 4.79 Å². The summed E-state index contributed by atoms with van der Waals surface area (Å²) in [5.74, 6) is 1.15. The van der Waals surface area contributed by atoms with Crippen LogP contribution in [-0.4, -0.2) is 29.1 Å². The SMILES string of the molecule is COc1cccc(CN2C(=O)NC(=S)C3CCCC32)c1. The first-order chi connectivity index (χ1) is 9.69. The van der Waals surface area contributed by atoms with Crippen molar-refractivity contribution in [3.63, 3.8) is 0 Å². The maximum absolute atomic E-state index is 12.2. The standard InChI is InChI=1S/C15H18N2O2S/c1-19-11-5-2-4-10(8-11)9-17-13-7-3-6-12(13)14(20)16-15(17)18/h2,4-5,8,12-13H,3,6-7,9H2,1H3,(H,16,18,20). The van der Waals surface area contributed by atoms with Crippen LogP contribution in [0, 0.1) is 5.92 Å². The molecule has 0 spiro atoms. The summed E-state index contributed by atoms with van der Waals surface area (Å²) in [6.07, 6.45) is 3.26. The molecule has 1 heterocycles. The second-order valence-corrected chi connectivity index (χ2v) is 5.82. The average Bonchev–Trinajstić information content (AvgIpc) is 2.93. The molecule has 20 heavy (non-hydrogen) atoms. The summed E-state index contributed by atoms with van der Waals surface area (Å²) < 4.78 is 5.23. The van der Waals surface area contributed by atoms with Gasteiger partial charge >= 0.3 is 6.03 Å². The molecule has 1 aromatic rings. The van der Waals surface area contributed by atoms with E-state index in [0.717, 1.165) is 35.6 Å². The molecule has 106 valence electrons. The molecule has 1 saturated heterocycles. The molecule has 3 rings (SSSR count). The van der Waals surface area contributed by atoms with Crippen LogP contribution in [0.4, 0.5) is 4.79 Å². The second-order valence-electron chi connectivity index (χ2n) is 5.38. The van der Waals surface area contributed by atoms with Gasteiger partial charge in [0.25, 0.3) is 0 Å². The van der Waals surface area contributed by atoms with Gasteiger partial charge in [0.1, 0.15) is 5.75 Å². The summed E-state index contributed by atoms with van der Waals surface area (Å²) in [6, 6.07) is 8.04. The first-order valence-electron chi connectivity index (χ1n) is 6.93. The molecule has 2 atom stereocenters. The number of carbonyl (C=O) groups excluding carboxylic acids is 1. The van der Waals surface area contributed by atoms with Crippen molar-refractivity contribution in [3.8, 4) is 5.75 Å². The van der Waals surface area contributed by atoms with Crippen LogP contribution in [0.25, 0.3) is 0 Å². The van der Waals surface area contributed by atoms with E-state index in [1.54, 1.807) is 7.11 Å². The Kier molecular flexibility index (Phi) is 3.61. The Bertz CT molecular complexity index is 546. The highest BCUT2D eigenvalue weighted by Gasteiger charge is 2.41. The van der Waals surface area contributed by atoms with Crippen molar-refractivity contribution in [2.75, 3.05) is 7.11 Å². The molecule has 0 aromatic heterocycles. The smallest absolute Gasteiger partial charge is 0.322 e. The number of methoxy groups -OCH3 is 1. The molecule has 1 aliphatic carbocycles. The van der Waals surface area contributed by atoms with Crippen LogP contribution >= 0.6 is 12.2 Å². The molecule has 2 fully saturated rings. The number of urea groups is 1. The molecule has 5 heteroatoms. The first-order valence-corrected chi connectivity index (χ1v) is 7.34. The summed E-state index contributed by atoms with van der Waals surface area (Å²) in [5, 5.41) is 2.84. The summed E-state index contributed by atoms with van der Waals surface area (Å²) in [6.45, 7) is 0.604. The largest absolute Gasteiger partial charge is 0.497 e. The molecule has 4 nitrogen and oxygen atoms in total. The van der Waals surface area contributed by atoms with Gasteiger partial charge in [0.05, 0.1) is 12.1 Å². The van der Waals surface area contributed by atoms with E-state index in [-0.39, 0.29) is 12.1 Å². The van der Waals surface area contributed by atoms with E-state index >= 15 is 0 Å². The fourth-order valence-corrected chi connectivity index (χ4v) is 3.56. The van der Waals surface area contributed by atoms with E-state index in [1.165, 1.54) is 0 Å². The highest BCUT2D eigenvalue weighted by atomic mass is 32.1. The molecule has 2 unspecified atom stereocenters. The third kappa shape index (κ3) is 2.38. The van der Waals surface area contributed by atoms with Crippen LogP contribution in [0.1, 0.15) is 24.8 Å². The zero-order chi connectivity index (χ0) is 14.1. The third-order valence-corrected chi connectivity index (χ3v) is 4.60. The number of ether oxygens (including phenoxy) is 1. The Balaban J connectivity index is 1.81. The Labute approximate surface area is 124 Å². The summed E-state index contributed by atoms with van der Waals surface area (Å²) >= 11 is 5.30. The molecular weight excluding hydrogens is 272 g/mol. The molecule has 1 aromatic carbocycles. The average molecular weight is 290 g/mol. The summed E-state index contributed by atoms with van der Waals surface area (Å²) in [7, 11) is 1.65. The Morgan fingerprint density at radius 2 is 2.30 bits per heavy atom. The van der Waals surface area contributed by atoms with Crippen molar-refractivity contribution in [1.29, 1.82) is 0 Å². The lowest BCUT2D eigenvalue weighted by Gasteiger charge is -2.38. The van der Waals surface area contributed by atoms with Crippen LogP contribution in [-0.2, 0) is 6.54 Å². The first kappa shape index (κ1) is 13.4. The van der Waals surface area contributed by atoms with Crippen molar-refractivity contribution in [3.05, 3.63) is 29.8 Å². The third-order valence-electron chi connectivity index (χ3n) is 4.19. The van der Waals surface area contributed by atoms with Crippen LogP contribution in [0.5, 0.6) is 5.75 Å². The van der Waals surface area contributed by atoms with E-state index in [9.17, 15) is 4.79 Å². The van der Waals surface area contributed by atoms with Gasteiger partial charge in [0.2, 0.25) is 0 Å². The minimum absolute atomic E-state index is 0.0685. The quantitative estimate of drug-likeness (QED) is 0.870. The number of nitrogens with one attached hydrogen (secondary N) is 1. The zero-order valence-electron chi connectivity index (χ0n) is 11.5. The number of hydrogen-bond donors (Lipinski definition) is 1. The fourth-order valence-electron chi connectivity index (χ4n) is 3.20. The fraction of sp³-hybridized carbons (Fsp3) is 0.467. The van der Waals surface area contributed by atoms with Crippen LogP contribution in [0.15, 0.2) is 24.3 Å². The van der Waals surface area contributed by atoms with Crippen LogP contribution < -0.4 is 10.1 Å². The summed E-state index contributed by atoms with van der Waals surface area (Å²) in [5.41, 5.74) is 1.08. The lowest BCUT2D eigenvalue weighted by Crippen LogP contribution is -2.57. The molecular formula is C15H18N2O2S. The van der Waals surface area contributed by atoms with Crippen LogP contribution in [0.3, 0.4) is 0 Å². The maximum atomic E-state index is 12.2. The van der Waals surface area contributed by atoms with Gasteiger partial charge in [-0.15, -0.1) is 0 Å². The molecule has 1 aliphatic heterocycles. The van der Waals surface area contributed by atoms with Crippen molar-refractivity contribution >= 4 is 23.2 Å². The predicted molar refractivity (Wildman–Crippen MR) is 80.8 cm³/mol. The van der Waals surface area contributed by atoms with Crippen molar-refractivity contribution in [1.82, 2.24) is 10.2 Å².